The summed E-state index contributed by atoms with van der Waals surface area (Å²) >= 11 is 0. The molecule has 0 saturated heterocycles. The first-order chi connectivity index (χ1) is 5.78. The Bertz CT molecular complexity index is 202. The van der Waals surface area contributed by atoms with E-state index >= 15 is 0 Å². The number of esters is 1. The number of hydrogen-bond acceptors (Lipinski definition) is 2. The van der Waals surface area contributed by atoms with Crippen molar-refractivity contribution in [1.82, 2.24) is 0 Å². The Labute approximate surface area is 81.0 Å². The SMILES string of the molecule is C=C(C)C(C)(C)C(=O)OCC(C)C. The smallest absolute Gasteiger partial charge is 0.315 e. The molecule has 0 unspecified atom stereocenters. The van der Waals surface area contributed by atoms with Gasteiger partial charge in [0.1, 0.15) is 0 Å². The van der Waals surface area contributed by atoms with Gasteiger partial charge in [-0.3, -0.25) is 4.79 Å². The molecule has 0 fully saturated rings. The molecule has 2 heteroatoms. The van der Waals surface area contributed by atoms with Crippen molar-refractivity contribution in [2.45, 2.75) is 34.6 Å². The van der Waals surface area contributed by atoms with Crippen molar-refractivity contribution in [3.8, 4) is 0 Å². The fourth-order valence-electron chi connectivity index (χ4n) is 0.597. The van der Waals surface area contributed by atoms with Crippen LogP contribution in [0.1, 0.15) is 34.6 Å². The van der Waals surface area contributed by atoms with Gasteiger partial charge in [-0.15, -0.1) is 0 Å². The van der Waals surface area contributed by atoms with Gasteiger partial charge in [0.15, 0.2) is 0 Å². The molecule has 0 aromatic heterocycles. The second-order valence-electron chi connectivity index (χ2n) is 4.40. The van der Waals surface area contributed by atoms with Gasteiger partial charge in [-0.05, 0) is 26.7 Å². The van der Waals surface area contributed by atoms with Crippen LogP contribution in [-0.2, 0) is 9.53 Å². The van der Waals surface area contributed by atoms with Gasteiger partial charge in [-0.1, -0.05) is 26.0 Å². The van der Waals surface area contributed by atoms with Crippen LogP contribution in [0.25, 0.3) is 0 Å². The van der Waals surface area contributed by atoms with Crippen LogP contribution in [0, 0.1) is 11.3 Å². The van der Waals surface area contributed by atoms with E-state index in [2.05, 4.69) is 6.58 Å². The predicted octanol–water partition coefficient (Wildman–Crippen LogP) is 2.79. The van der Waals surface area contributed by atoms with Crippen molar-refractivity contribution in [2.75, 3.05) is 6.61 Å². The molecule has 0 aliphatic heterocycles. The number of rotatable bonds is 4. The summed E-state index contributed by atoms with van der Waals surface area (Å²) in [5, 5.41) is 0. The summed E-state index contributed by atoms with van der Waals surface area (Å²) in [5.74, 6) is 0.193. The van der Waals surface area contributed by atoms with Crippen LogP contribution in [0.2, 0.25) is 0 Å². The first kappa shape index (κ1) is 12.2. The third-order valence-electron chi connectivity index (χ3n) is 2.13. The molecule has 0 aliphatic carbocycles. The zero-order chi connectivity index (χ0) is 10.6. The second-order valence-corrected chi connectivity index (χ2v) is 4.40. The van der Waals surface area contributed by atoms with Crippen LogP contribution in [-0.4, -0.2) is 12.6 Å². The Morgan fingerprint density at radius 2 is 1.92 bits per heavy atom. The lowest BCUT2D eigenvalue weighted by Gasteiger charge is -2.23. The monoisotopic (exact) mass is 184 g/mol. The van der Waals surface area contributed by atoms with Gasteiger partial charge >= 0.3 is 5.97 Å². The van der Waals surface area contributed by atoms with E-state index in [1.165, 1.54) is 0 Å². The molecule has 0 atom stereocenters. The lowest BCUT2D eigenvalue weighted by Crippen LogP contribution is -2.28. The number of carbonyl (C=O) groups is 1. The quantitative estimate of drug-likeness (QED) is 0.496. The van der Waals surface area contributed by atoms with E-state index < -0.39 is 5.41 Å². The summed E-state index contributed by atoms with van der Waals surface area (Å²) in [6.07, 6.45) is 0. The molecule has 0 amide bonds. The van der Waals surface area contributed by atoms with Crippen molar-refractivity contribution < 1.29 is 9.53 Å². The summed E-state index contributed by atoms with van der Waals surface area (Å²) in [7, 11) is 0. The first-order valence-corrected chi connectivity index (χ1v) is 4.61. The van der Waals surface area contributed by atoms with E-state index in [9.17, 15) is 4.79 Å². The Morgan fingerprint density at radius 3 is 2.23 bits per heavy atom. The van der Waals surface area contributed by atoms with Crippen molar-refractivity contribution in [3.05, 3.63) is 12.2 Å². The van der Waals surface area contributed by atoms with Gasteiger partial charge in [0.25, 0.3) is 0 Å². The number of hydrogen-bond donors (Lipinski definition) is 0. The van der Waals surface area contributed by atoms with E-state index in [-0.39, 0.29) is 5.97 Å². The van der Waals surface area contributed by atoms with Crippen molar-refractivity contribution in [1.29, 1.82) is 0 Å². The fraction of sp³-hybridized carbons (Fsp3) is 0.727. The molecule has 13 heavy (non-hydrogen) atoms. The van der Waals surface area contributed by atoms with Crippen LogP contribution in [0.15, 0.2) is 12.2 Å². The van der Waals surface area contributed by atoms with Gasteiger partial charge in [0.05, 0.1) is 12.0 Å². The zero-order valence-corrected chi connectivity index (χ0v) is 9.31. The van der Waals surface area contributed by atoms with Gasteiger partial charge in [0, 0.05) is 0 Å². The maximum atomic E-state index is 11.5. The molecule has 0 rings (SSSR count). The standard InChI is InChI=1S/C11H20O2/c1-8(2)7-13-10(12)11(5,6)9(3)4/h8H,3,7H2,1-2,4-6H3. The normalized spacial score (nSPS) is 11.5. The first-order valence-electron chi connectivity index (χ1n) is 4.61. The zero-order valence-electron chi connectivity index (χ0n) is 9.31. The highest BCUT2D eigenvalue weighted by Crippen LogP contribution is 2.25. The third-order valence-corrected chi connectivity index (χ3v) is 2.13. The van der Waals surface area contributed by atoms with E-state index in [0.29, 0.717) is 12.5 Å². The van der Waals surface area contributed by atoms with E-state index in [1.54, 1.807) is 0 Å². The van der Waals surface area contributed by atoms with Crippen molar-refractivity contribution in [2.24, 2.45) is 11.3 Å². The Kier molecular flexibility index (Phi) is 4.18. The highest BCUT2D eigenvalue weighted by atomic mass is 16.5. The third kappa shape index (κ3) is 3.62. The van der Waals surface area contributed by atoms with E-state index in [0.717, 1.165) is 5.57 Å². The van der Waals surface area contributed by atoms with Crippen LogP contribution in [0.4, 0.5) is 0 Å². The summed E-state index contributed by atoms with van der Waals surface area (Å²) in [4.78, 5) is 11.5. The average molecular weight is 184 g/mol. The Hall–Kier alpha value is -0.790. The molecule has 0 spiro atoms. The lowest BCUT2D eigenvalue weighted by atomic mass is 9.86. The fourth-order valence-corrected chi connectivity index (χ4v) is 0.597. The molecule has 0 radical (unpaired) electrons. The van der Waals surface area contributed by atoms with Gasteiger partial charge in [-0.2, -0.15) is 0 Å². The predicted molar refractivity (Wildman–Crippen MR) is 54.4 cm³/mol. The maximum absolute atomic E-state index is 11.5. The summed E-state index contributed by atoms with van der Waals surface area (Å²) in [6, 6.07) is 0. The molecule has 2 nitrogen and oxygen atoms in total. The van der Waals surface area contributed by atoms with Gasteiger partial charge < -0.3 is 4.74 Å². The Balaban J connectivity index is 4.18. The van der Waals surface area contributed by atoms with Crippen LogP contribution in [0.3, 0.4) is 0 Å². The lowest BCUT2D eigenvalue weighted by molar-refractivity contribution is -0.152. The van der Waals surface area contributed by atoms with Gasteiger partial charge in [0.2, 0.25) is 0 Å². The molecule has 0 N–H and O–H groups in total. The highest BCUT2D eigenvalue weighted by molar-refractivity contribution is 5.79. The Morgan fingerprint density at radius 1 is 1.46 bits per heavy atom. The molecule has 0 saturated carbocycles. The number of carbonyl (C=O) groups excluding carboxylic acids is 1. The molecule has 0 aliphatic rings. The van der Waals surface area contributed by atoms with Crippen molar-refractivity contribution >= 4 is 5.97 Å². The van der Waals surface area contributed by atoms with Crippen LogP contribution < -0.4 is 0 Å². The maximum Gasteiger partial charge on any atom is 0.315 e. The average Bonchev–Trinajstić information content (AvgIpc) is 1.99. The molecule has 76 valence electrons. The molecular formula is C11H20O2. The van der Waals surface area contributed by atoms with Crippen LogP contribution in [0.5, 0.6) is 0 Å². The minimum Gasteiger partial charge on any atom is -0.465 e. The topological polar surface area (TPSA) is 26.3 Å². The largest absolute Gasteiger partial charge is 0.465 e. The summed E-state index contributed by atoms with van der Waals surface area (Å²) in [5.41, 5.74) is 0.274. The van der Waals surface area contributed by atoms with E-state index in [4.69, 9.17) is 4.74 Å². The number of ether oxygens (including phenoxy) is 1. The summed E-state index contributed by atoms with van der Waals surface area (Å²) in [6.45, 7) is 13.8. The minimum atomic E-state index is -0.561. The van der Waals surface area contributed by atoms with Gasteiger partial charge in [-0.25, -0.2) is 0 Å². The molecular weight excluding hydrogens is 164 g/mol. The second kappa shape index (κ2) is 4.45. The molecule has 0 aromatic carbocycles. The molecule has 0 bridgehead atoms. The minimum absolute atomic E-state index is 0.186. The molecule has 0 aromatic rings. The van der Waals surface area contributed by atoms with E-state index in [1.807, 2.05) is 34.6 Å². The summed E-state index contributed by atoms with van der Waals surface area (Å²) < 4.78 is 5.13. The van der Waals surface area contributed by atoms with Crippen molar-refractivity contribution in [3.63, 3.8) is 0 Å². The molecule has 0 heterocycles. The van der Waals surface area contributed by atoms with Crippen LogP contribution >= 0.6 is 0 Å². The highest BCUT2D eigenvalue weighted by Gasteiger charge is 2.30.